The van der Waals surface area contributed by atoms with E-state index in [1.165, 1.54) is 0 Å². The van der Waals surface area contributed by atoms with Crippen molar-refractivity contribution in [2.75, 3.05) is 0 Å². The predicted molar refractivity (Wildman–Crippen MR) is 43.6 cm³/mol. The molecule has 0 spiro atoms. The second-order valence-electron chi connectivity index (χ2n) is 1.69. The van der Waals surface area contributed by atoms with Crippen LogP contribution in [0.1, 0.15) is 6.42 Å². The Morgan fingerprint density at radius 1 is 1.44 bits per heavy atom. The van der Waals surface area contributed by atoms with Gasteiger partial charge in [0, 0.05) is 10.9 Å². The van der Waals surface area contributed by atoms with Crippen LogP contribution in [-0.2, 0) is 4.79 Å². The monoisotopic (exact) mass is 250 g/mol. The van der Waals surface area contributed by atoms with Crippen LogP contribution in [0.3, 0.4) is 0 Å². The minimum absolute atomic E-state index is 0.129. The highest BCUT2D eigenvalue weighted by Crippen LogP contribution is 2.24. The van der Waals surface area contributed by atoms with Crippen molar-refractivity contribution < 1.29 is 4.79 Å². The van der Waals surface area contributed by atoms with Gasteiger partial charge in [0.25, 0.3) is 0 Å². The number of rotatable bonds is 0. The van der Waals surface area contributed by atoms with Crippen LogP contribution >= 0.6 is 31.9 Å². The van der Waals surface area contributed by atoms with Crippen molar-refractivity contribution in [2.24, 2.45) is 0 Å². The number of ketones is 1. The summed E-state index contributed by atoms with van der Waals surface area (Å²) in [6.45, 7) is 0. The van der Waals surface area contributed by atoms with Gasteiger partial charge in [-0.25, -0.2) is 0 Å². The SMILES string of the molecule is O=C1CC=CC(Br)=C1Br. The molecule has 0 unspecified atom stereocenters. The summed E-state index contributed by atoms with van der Waals surface area (Å²) in [7, 11) is 0. The molecule has 1 rings (SSSR count). The third-order valence-corrected chi connectivity index (χ3v) is 3.08. The minimum atomic E-state index is 0.129. The first kappa shape index (κ1) is 7.22. The fourth-order valence-electron chi connectivity index (χ4n) is 0.565. The topological polar surface area (TPSA) is 17.1 Å². The summed E-state index contributed by atoms with van der Waals surface area (Å²) in [4.78, 5) is 10.8. The summed E-state index contributed by atoms with van der Waals surface area (Å²) in [5, 5.41) is 0. The van der Waals surface area contributed by atoms with Crippen LogP contribution < -0.4 is 0 Å². The Kier molecular flexibility index (Phi) is 2.24. The van der Waals surface area contributed by atoms with Gasteiger partial charge in [-0.2, -0.15) is 0 Å². The van der Waals surface area contributed by atoms with Gasteiger partial charge in [-0.05, 0) is 31.9 Å². The molecule has 0 aromatic carbocycles. The molecule has 1 nitrogen and oxygen atoms in total. The zero-order valence-corrected chi connectivity index (χ0v) is 7.70. The first-order valence-electron chi connectivity index (χ1n) is 2.47. The van der Waals surface area contributed by atoms with Crippen LogP contribution in [0.15, 0.2) is 21.1 Å². The van der Waals surface area contributed by atoms with Crippen LogP contribution in [0.2, 0.25) is 0 Å². The van der Waals surface area contributed by atoms with Gasteiger partial charge in [0.15, 0.2) is 5.78 Å². The molecule has 0 saturated heterocycles. The smallest absolute Gasteiger partial charge is 0.174 e. The number of Topliss-reactive ketones (excluding diaryl/α,β-unsaturated/α-hetero) is 1. The fourth-order valence-corrected chi connectivity index (χ4v) is 1.27. The van der Waals surface area contributed by atoms with E-state index in [-0.39, 0.29) is 5.78 Å². The second kappa shape index (κ2) is 2.80. The fraction of sp³-hybridized carbons (Fsp3) is 0.167. The molecule has 0 bridgehead atoms. The Morgan fingerprint density at radius 2 is 2.11 bits per heavy atom. The normalized spacial score (nSPS) is 19.1. The van der Waals surface area contributed by atoms with E-state index in [9.17, 15) is 4.79 Å². The van der Waals surface area contributed by atoms with E-state index in [1.54, 1.807) is 0 Å². The molecule has 0 radical (unpaired) electrons. The van der Waals surface area contributed by atoms with E-state index < -0.39 is 0 Å². The third-order valence-electron chi connectivity index (χ3n) is 1.02. The summed E-state index contributed by atoms with van der Waals surface area (Å²) in [6.07, 6.45) is 4.21. The van der Waals surface area contributed by atoms with Crippen molar-refractivity contribution in [1.29, 1.82) is 0 Å². The maximum atomic E-state index is 10.8. The molecule has 0 aromatic heterocycles. The number of carbonyl (C=O) groups is 1. The van der Waals surface area contributed by atoms with E-state index in [4.69, 9.17) is 0 Å². The van der Waals surface area contributed by atoms with Gasteiger partial charge in [0.05, 0.1) is 4.48 Å². The van der Waals surface area contributed by atoms with Gasteiger partial charge in [0.2, 0.25) is 0 Å². The average molecular weight is 252 g/mol. The molecule has 0 aromatic rings. The molecular weight excluding hydrogens is 248 g/mol. The standard InChI is InChI=1S/C6H4Br2O/c7-4-2-1-3-5(9)6(4)8/h1-2H,3H2. The first-order valence-corrected chi connectivity index (χ1v) is 4.05. The molecule has 48 valence electrons. The lowest BCUT2D eigenvalue weighted by Gasteiger charge is -2.01. The second-order valence-corrected chi connectivity index (χ2v) is 3.34. The van der Waals surface area contributed by atoms with Crippen LogP contribution in [0, 0.1) is 0 Å². The van der Waals surface area contributed by atoms with Gasteiger partial charge in [0.1, 0.15) is 0 Å². The molecule has 0 fully saturated rings. The highest BCUT2D eigenvalue weighted by molar-refractivity contribution is 9.14. The van der Waals surface area contributed by atoms with Gasteiger partial charge < -0.3 is 0 Å². The van der Waals surface area contributed by atoms with E-state index in [1.807, 2.05) is 12.2 Å². The Morgan fingerprint density at radius 3 is 2.56 bits per heavy atom. The van der Waals surface area contributed by atoms with Crippen molar-refractivity contribution in [1.82, 2.24) is 0 Å². The maximum absolute atomic E-state index is 10.8. The van der Waals surface area contributed by atoms with Crippen molar-refractivity contribution >= 4 is 37.6 Å². The lowest BCUT2D eigenvalue weighted by Crippen LogP contribution is -1.99. The Hall–Kier alpha value is 0.110. The molecule has 1 aliphatic carbocycles. The quantitative estimate of drug-likeness (QED) is 0.647. The van der Waals surface area contributed by atoms with Gasteiger partial charge in [-0.15, -0.1) is 0 Å². The van der Waals surface area contributed by atoms with Crippen molar-refractivity contribution in [3.63, 3.8) is 0 Å². The summed E-state index contributed by atoms with van der Waals surface area (Å²) >= 11 is 6.37. The highest BCUT2D eigenvalue weighted by atomic mass is 79.9. The molecule has 0 amide bonds. The Labute approximate surface area is 70.1 Å². The summed E-state index contributed by atoms with van der Waals surface area (Å²) in [6, 6.07) is 0. The zero-order chi connectivity index (χ0) is 6.85. The Bertz CT molecular complexity index is 203. The number of hydrogen-bond acceptors (Lipinski definition) is 1. The molecule has 0 saturated carbocycles. The first-order chi connectivity index (χ1) is 4.22. The van der Waals surface area contributed by atoms with Crippen LogP contribution in [0.4, 0.5) is 0 Å². The lowest BCUT2D eigenvalue weighted by atomic mass is 10.2. The molecule has 3 heteroatoms. The van der Waals surface area contributed by atoms with Crippen molar-refractivity contribution in [3.05, 3.63) is 21.1 Å². The average Bonchev–Trinajstić information content (AvgIpc) is 1.83. The van der Waals surface area contributed by atoms with Crippen LogP contribution in [-0.4, -0.2) is 5.78 Å². The maximum Gasteiger partial charge on any atom is 0.174 e. The molecule has 0 atom stereocenters. The van der Waals surface area contributed by atoms with E-state index >= 15 is 0 Å². The van der Waals surface area contributed by atoms with E-state index in [2.05, 4.69) is 31.9 Å². The molecule has 0 heterocycles. The summed E-state index contributed by atoms with van der Waals surface area (Å²) in [5.41, 5.74) is 0. The summed E-state index contributed by atoms with van der Waals surface area (Å²) in [5.74, 6) is 0.129. The zero-order valence-electron chi connectivity index (χ0n) is 4.53. The molecule has 0 N–H and O–H groups in total. The van der Waals surface area contributed by atoms with Crippen molar-refractivity contribution in [3.8, 4) is 0 Å². The van der Waals surface area contributed by atoms with Crippen LogP contribution in [0.5, 0.6) is 0 Å². The molecule has 0 aliphatic heterocycles. The number of hydrogen-bond donors (Lipinski definition) is 0. The predicted octanol–water partition coefficient (Wildman–Crippen LogP) is 2.52. The van der Waals surface area contributed by atoms with Gasteiger partial charge in [-0.1, -0.05) is 12.2 Å². The molecule has 1 aliphatic rings. The number of allylic oxidation sites excluding steroid dienone is 4. The molecular formula is C6H4Br2O. The van der Waals surface area contributed by atoms with Gasteiger partial charge >= 0.3 is 0 Å². The van der Waals surface area contributed by atoms with Gasteiger partial charge in [-0.3, -0.25) is 4.79 Å². The summed E-state index contributed by atoms with van der Waals surface area (Å²) < 4.78 is 1.48. The highest BCUT2D eigenvalue weighted by Gasteiger charge is 2.10. The van der Waals surface area contributed by atoms with Crippen LogP contribution in [0.25, 0.3) is 0 Å². The minimum Gasteiger partial charge on any atom is -0.293 e. The van der Waals surface area contributed by atoms with E-state index in [0.29, 0.717) is 10.9 Å². The number of carbonyl (C=O) groups excluding carboxylic acids is 1. The Balaban J connectivity index is 2.97. The largest absolute Gasteiger partial charge is 0.293 e. The third kappa shape index (κ3) is 1.52. The lowest BCUT2D eigenvalue weighted by molar-refractivity contribution is -0.114. The molecule has 9 heavy (non-hydrogen) atoms. The van der Waals surface area contributed by atoms with E-state index in [0.717, 1.165) is 4.48 Å². The van der Waals surface area contributed by atoms with Crippen molar-refractivity contribution in [2.45, 2.75) is 6.42 Å². The number of halogens is 2.